The van der Waals surface area contributed by atoms with E-state index < -0.39 is 5.63 Å². The van der Waals surface area contributed by atoms with E-state index in [0.29, 0.717) is 38.3 Å². The Morgan fingerprint density at radius 1 is 0.882 bits per heavy atom. The molecule has 0 spiro atoms. The van der Waals surface area contributed by atoms with Gasteiger partial charge in [0, 0.05) is 64.3 Å². The number of carbonyl (C=O) groups excluding carboxylic acids is 1. The Bertz CT molecular complexity index is 1200. The van der Waals surface area contributed by atoms with Crippen LogP contribution in [-0.4, -0.2) is 96.5 Å². The van der Waals surface area contributed by atoms with Crippen LogP contribution in [0.1, 0.15) is 10.4 Å². The van der Waals surface area contributed by atoms with Crippen molar-refractivity contribution in [1.29, 1.82) is 0 Å². The summed E-state index contributed by atoms with van der Waals surface area (Å²) in [6.07, 6.45) is 0. The van der Waals surface area contributed by atoms with Crippen molar-refractivity contribution in [2.45, 2.75) is 0 Å². The number of carbonyl (C=O) groups is 1. The van der Waals surface area contributed by atoms with Crippen LogP contribution in [0.3, 0.4) is 0 Å². The van der Waals surface area contributed by atoms with Gasteiger partial charge in [0.15, 0.2) is 11.6 Å². The van der Waals surface area contributed by atoms with Crippen molar-refractivity contribution in [3.05, 3.63) is 58.4 Å². The summed E-state index contributed by atoms with van der Waals surface area (Å²) < 4.78 is 5.32. The van der Waals surface area contributed by atoms with Crippen LogP contribution in [0.2, 0.25) is 0 Å². The van der Waals surface area contributed by atoms with E-state index in [9.17, 15) is 9.59 Å². The Labute approximate surface area is 197 Å². The van der Waals surface area contributed by atoms with Crippen LogP contribution in [0.25, 0.3) is 11.0 Å². The number of fused-ring (bicyclic) bond motifs is 1. The zero-order chi connectivity index (χ0) is 23.5. The molecule has 34 heavy (non-hydrogen) atoms. The number of nitrogens with zero attached hydrogens (tertiary/aromatic N) is 6. The molecule has 0 aliphatic carbocycles. The molecule has 4 heterocycles. The molecule has 1 amide bonds. The van der Waals surface area contributed by atoms with Gasteiger partial charge >= 0.3 is 5.63 Å². The molecule has 178 valence electrons. The lowest BCUT2D eigenvalue weighted by atomic mass is 10.1. The smallest absolute Gasteiger partial charge is 0.349 e. The van der Waals surface area contributed by atoms with E-state index in [1.807, 2.05) is 24.3 Å². The van der Waals surface area contributed by atoms with Crippen LogP contribution < -0.4 is 15.4 Å². The molecule has 2 fully saturated rings. The number of anilines is 2. The molecule has 0 radical (unpaired) electrons. The third-order valence-electron chi connectivity index (χ3n) is 6.51. The molecule has 0 unspecified atom stereocenters. The number of hydrogen-bond acceptors (Lipinski definition) is 9. The van der Waals surface area contributed by atoms with Crippen LogP contribution in [0.4, 0.5) is 11.6 Å². The maximum atomic E-state index is 13.0. The molecular formula is C24H28N6O4. The minimum Gasteiger partial charge on any atom is -0.422 e. The van der Waals surface area contributed by atoms with E-state index in [1.165, 1.54) is 0 Å². The summed E-state index contributed by atoms with van der Waals surface area (Å²) in [5.74, 6) is 1.32. The van der Waals surface area contributed by atoms with Crippen molar-refractivity contribution in [3.8, 4) is 0 Å². The highest BCUT2D eigenvalue weighted by Gasteiger charge is 2.26. The largest absolute Gasteiger partial charge is 0.422 e. The van der Waals surface area contributed by atoms with Gasteiger partial charge in [-0.2, -0.15) is 0 Å². The van der Waals surface area contributed by atoms with Gasteiger partial charge in [0.1, 0.15) is 11.1 Å². The first-order valence-electron chi connectivity index (χ1n) is 11.6. The molecule has 0 atom stereocenters. The van der Waals surface area contributed by atoms with Gasteiger partial charge in [0.05, 0.1) is 6.61 Å². The second kappa shape index (κ2) is 9.78. The predicted octanol–water partition coefficient (Wildman–Crippen LogP) is 0.660. The van der Waals surface area contributed by atoms with E-state index >= 15 is 0 Å². The lowest BCUT2D eigenvalue weighted by Gasteiger charge is -2.36. The summed E-state index contributed by atoms with van der Waals surface area (Å²) in [4.78, 5) is 33.6. The van der Waals surface area contributed by atoms with E-state index in [4.69, 9.17) is 9.52 Å². The van der Waals surface area contributed by atoms with E-state index in [2.05, 4.69) is 24.9 Å². The van der Waals surface area contributed by atoms with Crippen molar-refractivity contribution in [2.24, 2.45) is 0 Å². The molecule has 0 bridgehead atoms. The molecule has 5 rings (SSSR count). The van der Waals surface area contributed by atoms with Gasteiger partial charge in [-0.3, -0.25) is 9.69 Å². The summed E-state index contributed by atoms with van der Waals surface area (Å²) in [7, 11) is 0. The van der Waals surface area contributed by atoms with Crippen LogP contribution >= 0.6 is 0 Å². The van der Waals surface area contributed by atoms with Crippen molar-refractivity contribution in [1.82, 2.24) is 20.0 Å². The standard InChI is InChI=1S/C24H28N6O4/c31-16-15-27-7-9-28(10-8-27)21-5-6-22(26-25-21)29-11-13-30(14-12-29)23(32)19-17-18-3-1-2-4-20(18)34-24(19)33/h1-6,17,31H,7-16H2. The van der Waals surface area contributed by atoms with Gasteiger partial charge in [0.25, 0.3) is 5.91 Å². The Morgan fingerprint density at radius 2 is 1.50 bits per heavy atom. The maximum Gasteiger partial charge on any atom is 0.349 e. The number of β-amino-alcohol motifs (C(OH)–C–C–N with tert-alkyl or cyclic N) is 1. The first kappa shape index (κ1) is 22.3. The van der Waals surface area contributed by atoms with Crippen LogP contribution in [0, 0.1) is 0 Å². The zero-order valence-corrected chi connectivity index (χ0v) is 19.0. The molecular weight excluding hydrogens is 436 g/mol. The second-order valence-electron chi connectivity index (χ2n) is 8.57. The molecule has 2 aromatic heterocycles. The maximum absolute atomic E-state index is 13.0. The van der Waals surface area contributed by atoms with E-state index in [-0.39, 0.29) is 18.1 Å². The molecule has 2 saturated heterocycles. The molecule has 3 aromatic rings. The number of amides is 1. The fourth-order valence-electron chi connectivity index (χ4n) is 4.52. The minimum absolute atomic E-state index is 0.0652. The third-order valence-corrected chi connectivity index (χ3v) is 6.51. The second-order valence-corrected chi connectivity index (χ2v) is 8.57. The average molecular weight is 465 g/mol. The van der Waals surface area contributed by atoms with Crippen molar-refractivity contribution < 1.29 is 14.3 Å². The normalized spacial score (nSPS) is 17.4. The molecule has 2 aliphatic heterocycles. The van der Waals surface area contributed by atoms with Gasteiger partial charge in [-0.05, 0) is 24.3 Å². The molecule has 1 aromatic carbocycles. The fourth-order valence-corrected chi connectivity index (χ4v) is 4.52. The minimum atomic E-state index is -0.607. The van der Waals surface area contributed by atoms with Crippen LogP contribution in [0.15, 0.2) is 51.7 Å². The third kappa shape index (κ3) is 4.59. The number of piperazine rings is 2. The number of rotatable bonds is 5. The van der Waals surface area contributed by atoms with Crippen molar-refractivity contribution in [3.63, 3.8) is 0 Å². The summed E-state index contributed by atoms with van der Waals surface area (Å²) in [6, 6.07) is 12.8. The lowest BCUT2D eigenvalue weighted by Crippen LogP contribution is -2.50. The summed E-state index contributed by atoms with van der Waals surface area (Å²) in [5.41, 5.74) is -0.0666. The first-order chi connectivity index (χ1) is 16.6. The highest BCUT2D eigenvalue weighted by molar-refractivity contribution is 5.96. The molecule has 10 heteroatoms. The molecule has 10 nitrogen and oxygen atoms in total. The number of aromatic nitrogens is 2. The Morgan fingerprint density at radius 3 is 2.12 bits per heavy atom. The predicted molar refractivity (Wildman–Crippen MR) is 128 cm³/mol. The number of aliphatic hydroxyl groups excluding tert-OH is 1. The van der Waals surface area contributed by atoms with E-state index in [0.717, 1.165) is 43.2 Å². The summed E-state index contributed by atoms with van der Waals surface area (Å²) >= 11 is 0. The highest BCUT2D eigenvalue weighted by Crippen LogP contribution is 2.19. The number of aliphatic hydroxyl groups is 1. The Kier molecular flexibility index (Phi) is 6.41. The van der Waals surface area contributed by atoms with Gasteiger partial charge in [-0.1, -0.05) is 18.2 Å². The Hall–Kier alpha value is -3.50. The van der Waals surface area contributed by atoms with Gasteiger partial charge in [-0.15, -0.1) is 10.2 Å². The monoisotopic (exact) mass is 464 g/mol. The Balaban J connectivity index is 1.19. The average Bonchev–Trinajstić information content (AvgIpc) is 2.89. The zero-order valence-electron chi connectivity index (χ0n) is 19.0. The van der Waals surface area contributed by atoms with Gasteiger partial charge < -0.3 is 24.2 Å². The number of benzene rings is 1. The fraction of sp³-hybridized carbons (Fsp3) is 0.417. The molecule has 2 aliphatic rings. The molecule has 1 N–H and O–H groups in total. The first-order valence-corrected chi connectivity index (χ1v) is 11.6. The van der Waals surface area contributed by atoms with Crippen LogP contribution in [0.5, 0.6) is 0 Å². The topological polar surface area (TPSA) is 106 Å². The van der Waals surface area contributed by atoms with Crippen molar-refractivity contribution in [2.75, 3.05) is 75.3 Å². The van der Waals surface area contributed by atoms with Gasteiger partial charge in [0.2, 0.25) is 0 Å². The summed E-state index contributed by atoms with van der Waals surface area (Å²) in [6.45, 7) is 6.60. The summed E-state index contributed by atoms with van der Waals surface area (Å²) in [5, 5.41) is 18.7. The SMILES string of the molecule is O=C(c1cc2ccccc2oc1=O)N1CCN(c2ccc(N3CCN(CCO)CC3)nn2)CC1. The highest BCUT2D eigenvalue weighted by atomic mass is 16.4. The number of hydrogen-bond donors (Lipinski definition) is 1. The van der Waals surface area contributed by atoms with E-state index in [1.54, 1.807) is 23.1 Å². The quantitative estimate of drug-likeness (QED) is 0.545. The van der Waals surface area contributed by atoms with Crippen LogP contribution in [-0.2, 0) is 0 Å². The van der Waals surface area contributed by atoms with Gasteiger partial charge in [-0.25, -0.2) is 4.79 Å². The molecule has 0 saturated carbocycles. The lowest BCUT2D eigenvalue weighted by molar-refractivity contribution is 0.0742. The number of para-hydroxylation sites is 1. The van der Waals surface area contributed by atoms with Crippen molar-refractivity contribution >= 4 is 28.5 Å².